The maximum atomic E-state index is 12.9. The number of ether oxygens (including phenoxy) is 2. The van der Waals surface area contributed by atoms with Crippen molar-refractivity contribution in [3.05, 3.63) is 28.8 Å². The summed E-state index contributed by atoms with van der Waals surface area (Å²) in [5.41, 5.74) is 1.53. The van der Waals surface area contributed by atoms with Gasteiger partial charge < -0.3 is 19.8 Å². The number of carbonyl (C=O) groups is 1. The molecule has 2 N–H and O–H groups in total. The molecule has 1 fully saturated rings. The van der Waals surface area contributed by atoms with Crippen LogP contribution >= 0.6 is 0 Å². The van der Waals surface area contributed by atoms with E-state index in [1.165, 1.54) is 23.7 Å². The fraction of sp³-hybridized carbons (Fsp3) is 0.450. The molecule has 8 nitrogen and oxygen atoms in total. The first-order valence-corrected chi connectivity index (χ1v) is 9.53. The number of fused-ring (bicyclic) bond motifs is 3. The number of methoxy groups -OCH3 is 2. The summed E-state index contributed by atoms with van der Waals surface area (Å²) >= 11 is 0. The third kappa shape index (κ3) is 3.30. The molecular weight excluding hydrogens is 360 g/mol. The molecule has 0 unspecified atom stereocenters. The molecule has 1 saturated carbocycles. The average Bonchev–Trinajstić information content (AvgIpc) is 3.34. The zero-order valence-electron chi connectivity index (χ0n) is 16.1. The van der Waals surface area contributed by atoms with Gasteiger partial charge in [-0.2, -0.15) is 0 Å². The molecule has 0 aliphatic heterocycles. The van der Waals surface area contributed by atoms with Gasteiger partial charge in [0.2, 0.25) is 5.91 Å². The van der Waals surface area contributed by atoms with E-state index < -0.39 is 0 Å². The molecule has 2 heterocycles. The molecule has 0 radical (unpaired) electrons. The molecule has 0 atom stereocenters. The highest BCUT2D eigenvalue weighted by atomic mass is 16.5. The monoisotopic (exact) mass is 384 g/mol. The van der Waals surface area contributed by atoms with Crippen LogP contribution in [0.2, 0.25) is 0 Å². The lowest BCUT2D eigenvalue weighted by molar-refractivity contribution is -0.122. The summed E-state index contributed by atoms with van der Waals surface area (Å²) in [4.78, 5) is 32.6. The number of aryl methyl sites for hydroxylation is 1. The fourth-order valence-electron chi connectivity index (χ4n) is 3.87. The zero-order chi connectivity index (χ0) is 19.7. The van der Waals surface area contributed by atoms with Crippen molar-refractivity contribution in [1.29, 1.82) is 0 Å². The number of benzene rings is 1. The number of nitrogens with zero attached hydrogens (tertiary/aromatic N) is 2. The molecule has 4 rings (SSSR count). The van der Waals surface area contributed by atoms with E-state index in [0.717, 1.165) is 23.7 Å². The Kier molecular flexibility index (Phi) is 4.93. The molecule has 148 valence electrons. The molecule has 8 heteroatoms. The Balaban J connectivity index is 1.60. The Labute approximate surface area is 161 Å². The smallest absolute Gasteiger partial charge is 0.277 e. The van der Waals surface area contributed by atoms with Crippen LogP contribution in [0.3, 0.4) is 0 Å². The summed E-state index contributed by atoms with van der Waals surface area (Å²) in [6.07, 6.45) is 6.17. The number of carbonyl (C=O) groups excluding carboxylic acids is 1. The Bertz CT molecular complexity index is 1080. The van der Waals surface area contributed by atoms with Gasteiger partial charge in [0, 0.05) is 30.5 Å². The van der Waals surface area contributed by atoms with Crippen LogP contribution < -0.4 is 20.3 Å². The maximum absolute atomic E-state index is 12.9. The van der Waals surface area contributed by atoms with E-state index in [4.69, 9.17) is 9.47 Å². The van der Waals surface area contributed by atoms with Gasteiger partial charge in [0.25, 0.3) is 5.56 Å². The van der Waals surface area contributed by atoms with E-state index in [2.05, 4.69) is 15.3 Å². The quantitative estimate of drug-likeness (QED) is 0.680. The molecule has 1 aliphatic rings. The third-order valence-electron chi connectivity index (χ3n) is 5.38. The van der Waals surface area contributed by atoms with Gasteiger partial charge in [-0.05, 0) is 18.9 Å². The number of nitrogens with one attached hydrogen (secondary N) is 2. The minimum atomic E-state index is -0.201. The Morgan fingerprint density at radius 2 is 1.96 bits per heavy atom. The highest BCUT2D eigenvalue weighted by Crippen LogP contribution is 2.34. The SMILES string of the molecule is COc1cc2[nH]c3c(=O)n(CCC(=O)NC4CCCC4)cnc3c2cc1OC. The number of rotatable bonds is 6. The van der Waals surface area contributed by atoms with E-state index in [0.29, 0.717) is 29.1 Å². The van der Waals surface area contributed by atoms with Crippen LogP contribution in [0.25, 0.3) is 21.9 Å². The lowest BCUT2D eigenvalue weighted by atomic mass is 10.2. The highest BCUT2D eigenvalue weighted by molar-refractivity contribution is 6.05. The summed E-state index contributed by atoms with van der Waals surface area (Å²) in [5.74, 6) is 1.13. The molecule has 28 heavy (non-hydrogen) atoms. The molecule has 2 aromatic heterocycles. The van der Waals surface area contributed by atoms with Crippen molar-refractivity contribution < 1.29 is 14.3 Å². The van der Waals surface area contributed by atoms with Crippen molar-refractivity contribution in [2.45, 2.75) is 44.7 Å². The number of H-pyrrole nitrogens is 1. The predicted molar refractivity (Wildman–Crippen MR) is 106 cm³/mol. The Morgan fingerprint density at radius 1 is 1.25 bits per heavy atom. The number of aromatic nitrogens is 3. The molecule has 3 aromatic rings. The van der Waals surface area contributed by atoms with Crippen LogP contribution in [0.5, 0.6) is 11.5 Å². The van der Waals surface area contributed by atoms with Gasteiger partial charge in [0.1, 0.15) is 11.0 Å². The summed E-state index contributed by atoms with van der Waals surface area (Å²) in [6.45, 7) is 0.294. The van der Waals surface area contributed by atoms with Crippen molar-refractivity contribution in [3.8, 4) is 11.5 Å². The van der Waals surface area contributed by atoms with Gasteiger partial charge in [-0.25, -0.2) is 4.98 Å². The van der Waals surface area contributed by atoms with Crippen molar-refractivity contribution in [3.63, 3.8) is 0 Å². The number of aromatic amines is 1. The highest BCUT2D eigenvalue weighted by Gasteiger charge is 2.18. The van der Waals surface area contributed by atoms with E-state index in [1.54, 1.807) is 26.4 Å². The number of hydrogen-bond acceptors (Lipinski definition) is 5. The molecule has 0 bridgehead atoms. The van der Waals surface area contributed by atoms with Gasteiger partial charge in [0.05, 0.1) is 26.1 Å². The second kappa shape index (κ2) is 7.53. The van der Waals surface area contributed by atoms with E-state index in [-0.39, 0.29) is 23.9 Å². The van der Waals surface area contributed by atoms with Gasteiger partial charge in [0.15, 0.2) is 11.5 Å². The van der Waals surface area contributed by atoms with Gasteiger partial charge in [-0.15, -0.1) is 0 Å². The molecular formula is C20H24N4O4. The van der Waals surface area contributed by atoms with E-state index in [1.807, 2.05) is 0 Å². The Morgan fingerprint density at radius 3 is 2.68 bits per heavy atom. The summed E-state index contributed by atoms with van der Waals surface area (Å²) in [7, 11) is 3.13. The first-order chi connectivity index (χ1) is 13.6. The van der Waals surface area contributed by atoms with Crippen LogP contribution in [0.1, 0.15) is 32.1 Å². The zero-order valence-corrected chi connectivity index (χ0v) is 16.1. The first kappa shape index (κ1) is 18.3. The van der Waals surface area contributed by atoms with Crippen molar-refractivity contribution in [2.75, 3.05) is 14.2 Å². The van der Waals surface area contributed by atoms with E-state index in [9.17, 15) is 9.59 Å². The minimum absolute atomic E-state index is 0.0231. The average molecular weight is 384 g/mol. The lowest BCUT2D eigenvalue weighted by Gasteiger charge is -2.12. The molecule has 1 amide bonds. The van der Waals surface area contributed by atoms with Gasteiger partial charge in [-0.1, -0.05) is 12.8 Å². The number of hydrogen-bond donors (Lipinski definition) is 2. The van der Waals surface area contributed by atoms with E-state index >= 15 is 0 Å². The molecule has 1 aromatic carbocycles. The van der Waals surface area contributed by atoms with Crippen LogP contribution in [0.4, 0.5) is 0 Å². The van der Waals surface area contributed by atoms with Crippen molar-refractivity contribution in [2.24, 2.45) is 0 Å². The standard InChI is InChI=1S/C20H24N4O4/c1-27-15-9-13-14(10-16(15)28-2)23-19-18(13)21-11-24(20(19)26)8-7-17(25)22-12-5-3-4-6-12/h9-12,23H,3-8H2,1-2H3,(H,22,25). The van der Waals surface area contributed by atoms with Crippen LogP contribution in [0.15, 0.2) is 23.3 Å². The summed E-state index contributed by atoms with van der Waals surface area (Å²) < 4.78 is 12.1. The van der Waals surface area contributed by atoms with Crippen LogP contribution in [-0.2, 0) is 11.3 Å². The molecule has 0 saturated heterocycles. The molecule has 0 spiro atoms. The first-order valence-electron chi connectivity index (χ1n) is 9.53. The van der Waals surface area contributed by atoms with Crippen molar-refractivity contribution in [1.82, 2.24) is 19.9 Å². The molecule has 1 aliphatic carbocycles. The van der Waals surface area contributed by atoms with Crippen LogP contribution in [-0.4, -0.2) is 40.7 Å². The maximum Gasteiger partial charge on any atom is 0.277 e. The van der Waals surface area contributed by atoms with Crippen molar-refractivity contribution >= 4 is 27.8 Å². The number of amides is 1. The third-order valence-corrected chi connectivity index (χ3v) is 5.38. The Hall–Kier alpha value is -3.03. The largest absolute Gasteiger partial charge is 0.493 e. The normalized spacial score (nSPS) is 14.6. The summed E-state index contributed by atoms with van der Waals surface area (Å²) in [6, 6.07) is 3.87. The minimum Gasteiger partial charge on any atom is -0.493 e. The van der Waals surface area contributed by atoms with Gasteiger partial charge in [-0.3, -0.25) is 14.2 Å². The predicted octanol–water partition coefficient (Wildman–Crippen LogP) is 2.34. The second-order valence-corrected chi connectivity index (χ2v) is 7.14. The summed E-state index contributed by atoms with van der Waals surface area (Å²) in [5, 5.41) is 3.83. The van der Waals surface area contributed by atoms with Gasteiger partial charge >= 0.3 is 0 Å². The second-order valence-electron chi connectivity index (χ2n) is 7.14. The fourth-order valence-corrected chi connectivity index (χ4v) is 3.87. The van der Waals surface area contributed by atoms with Crippen LogP contribution in [0, 0.1) is 0 Å². The topological polar surface area (TPSA) is 98.2 Å². The lowest BCUT2D eigenvalue weighted by Crippen LogP contribution is -2.34.